The molecule has 0 saturated carbocycles. The second kappa shape index (κ2) is 7.86. The summed E-state index contributed by atoms with van der Waals surface area (Å²) in [6.45, 7) is 5.06. The molecule has 3 aromatic rings. The van der Waals surface area contributed by atoms with Gasteiger partial charge in [0, 0.05) is 15.5 Å². The summed E-state index contributed by atoms with van der Waals surface area (Å²) in [7, 11) is 0. The molecule has 0 N–H and O–H groups in total. The van der Waals surface area contributed by atoms with E-state index >= 15 is 0 Å². The zero-order valence-electron chi connectivity index (χ0n) is 15.2. The third-order valence-electron chi connectivity index (χ3n) is 5.08. The van der Waals surface area contributed by atoms with Crippen molar-refractivity contribution in [2.75, 3.05) is 13.1 Å². The molecule has 0 aliphatic carbocycles. The molecule has 140 valence electrons. The molecule has 4 nitrogen and oxygen atoms in total. The summed E-state index contributed by atoms with van der Waals surface area (Å²) < 4.78 is 3.45. The fourth-order valence-corrected chi connectivity index (χ4v) is 5.15. The van der Waals surface area contributed by atoms with Crippen LogP contribution in [0.1, 0.15) is 25.6 Å². The number of fused-ring (bicyclic) bond motifs is 1. The van der Waals surface area contributed by atoms with Gasteiger partial charge in [0.2, 0.25) is 0 Å². The Morgan fingerprint density at radius 1 is 1.19 bits per heavy atom. The molecule has 0 amide bonds. The highest BCUT2D eigenvalue weighted by atomic mass is 79.9. The third-order valence-corrected chi connectivity index (χ3v) is 6.14. The molecular formula is C21H21Br2N3O. The molecule has 6 heteroatoms. The van der Waals surface area contributed by atoms with Crippen LogP contribution in [0.2, 0.25) is 0 Å². The fourth-order valence-electron chi connectivity index (χ4n) is 3.84. The normalized spacial score (nSPS) is 18.1. The standard InChI is InChI=1S/C21H21Br2N3O/c1-14-6-5-9-25(12-14)13-19-24-20-17(10-15(22)11-18(20)23)21(27)26(19)16-7-3-2-4-8-16/h2-4,7-8,10-11,14H,5-6,9,12-13H2,1H3. The van der Waals surface area contributed by atoms with E-state index in [9.17, 15) is 4.79 Å². The van der Waals surface area contributed by atoms with Crippen LogP contribution >= 0.6 is 31.9 Å². The first-order chi connectivity index (χ1) is 13.0. The highest BCUT2D eigenvalue weighted by molar-refractivity contribution is 9.11. The molecule has 1 atom stereocenters. The van der Waals surface area contributed by atoms with Gasteiger partial charge in [0.05, 0.1) is 23.1 Å². The highest BCUT2D eigenvalue weighted by Crippen LogP contribution is 2.27. The van der Waals surface area contributed by atoms with Crippen molar-refractivity contribution in [1.29, 1.82) is 0 Å². The summed E-state index contributed by atoms with van der Waals surface area (Å²) in [6.07, 6.45) is 2.47. The van der Waals surface area contributed by atoms with Crippen molar-refractivity contribution in [2.24, 2.45) is 5.92 Å². The maximum Gasteiger partial charge on any atom is 0.266 e. The summed E-state index contributed by atoms with van der Waals surface area (Å²) in [5.74, 6) is 1.47. The number of hydrogen-bond acceptors (Lipinski definition) is 3. The van der Waals surface area contributed by atoms with Crippen molar-refractivity contribution >= 4 is 42.8 Å². The van der Waals surface area contributed by atoms with Gasteiger partial charge in [0.25, 0.3) is 5.56 Å². The van der Waals surface area contributed by atoms with E-state index in [0.29, 0.717) is 17.8 Å². The smallest absolute Gasteiger partial charge is 0.266 e. The molecule has 27 heavy (non-hydrogen) atoms. The minimum Gasteiger partial charge on any atom is -0.296 e. The summed E-state index contributed by atoms with van der Waals surface area (Å²) in [4.78, 5) is 20.8. The Bertz CT molecular complexity index is 1030. The predicted octanol–water partition coefficient (Wildman–Crippen LogP) is 5.14. The van der Waals surface area contributed by atoms with Gasteiger partial charge >= 0.3 is 0 Å². The van der Waals surface area contributed by atoms with Crippen LogP contribution in [-0.4, -0.2) is 27.5 Å². The Kier molecular flexibility index (Phi) is 5.48. The third kappa shape index (κ3) is 3.89. The van der Waals surface area contributed by atoms with E-state index < -0.39 is 0 Å². The molecular weight excluding hydrogens is 470 g/mol. The number of benzene rings is 2. The number of piperidine rings is 1. The number of para-hydroxylation sites is 1. The molecule has 1 aromatic heterocycles. The quantitative estimate of drug-likeness (QED) is 0.510. The van der Waals surface area contributed by atoms with Crippen LogP contribution in [0.3, 0.4) is 0 Å². The first kappa shape index (κ1) is 18.8. The topological polar surface area (TPSA) is 38.1 Å². The first-order valence-corrected chi connectivity index (χ1v) is 10.8. The van der Waals surface area contributed by atoms with E-state index in [-0.39, 0.29) is 5.56 Å². The average Bonchev–Trinajstić information content (AvgIpc) is 2.64. The van der Waals surface area contributed by atoms with Gasteiger partial charge in [-0.15, -0.1) is 0 Å². The monoisotopic (exact) mass is 489 g/mol. The Morgan fingerprint density at radius 2 is 1.96 bits per heavy atom. The lowest BCUT2D eigenvalue weighted by molar-refractivity contribution is 0.171. The lowest BCUT2D eigenvalue weighted by Gasteiger charge is -2.31. The van der Waals surface area contributed by atoms with Crippen LogP contribution in [0.4, 0.5) is 0 Å². The summed E-state index contributed by atoms with van der Waals surface area (Å²) >= 11 is 7.07. The van der Waals surface area contributed by atoms with Crippen molar-refractivity contribution in [2.45, 2.75) is 26.3 Å². The maximum atomic E-state index is 13.4. The SMILES string of the molecule is CC1CCCN(Cc2nc3c(Br)cc(Br)cc3c(=O)n2-c2ccccc2)C1. The Balaban J connectivity index is 1.91. The van der Waals surface area contributed by atoms with E-state index in [2.05, 4.69) is 43.7 Å². The molecule has 1 saturated heterocycles. The van der Waals surface area contributed by atoms with E-state index in [4.69, 9.17) is 4.98 Å². The van der Waals surface area contributed by atoms with Gasteiger partial charge in [-0.25, -0.2) is 4.98 Å². The average molecular weight is 491 g/mol. The summed E-state index contributed by atoms with van der Waals surface area (Å²) in [5, 5.41) is 0.607. The van der Waals surface area contributed by atoms with E-state index in [1.807, 2.05) is 42.5 Å². The Hall–Kier alpha value is -1.50. The highest BCUT2D eigenvalue weighted by Gasteiger charge is 2.21. The molecule has 0 bridgehead atoms. The van der Waals surface area contributed by atoms with E-state index in [1.54, 1.807) is 4.57 Å². The van der Waals surface area contributed by atoms with Crippen molar-refractivity contribution < 1.29 is 0 Å². The molecule has 2 aromatic carbocycles. The number of aromatic nitrogens is 2. The molecule has 1 unspecified atom stereocenters. The first-order valence-electron chi connectivity index (χ1n) is 9.21. The molecule has 1 fully saturated rings. The van der Waals surface area contributed by atoms with Crippen LogP contribution < -0.4 is 5.56 Å². The van der Waals surface area contributed by atoms with Gasteiger partial charge < -0.3 is 0 Å². The zero-order chi connectivity index (χ0) is 19.0. The number of nitrogens with zero attached hydrogens (tertiary/aromatic N) is 3. The lowest BCUT2D eigenvalue weighted by atomic mass is 10.0. The summed E-state index contributed by atoms with van der Waals surface area (Å²) in [6, 6.07) is 13.6. The van der Waals surface area contributed by atoms with Crippen molar-refractivity contribution in [3.8, 4) is 5.69 Å². The Labute approximate surface area is 175 Å². The molecule has 0 spiro atoms. The van der Waals surface area contributed by atoms with Crippen LogP contribution in [0, 0.1) is 5.92 Å². The number of rotatable bonds is 3. The van der Waals surface area contributed by atoms with Gasteiger partial charge in [-0.3, -0.25) is 14.3 Å². The van der Waals surface area contributed by atoms with Gasteiger partial charge in [0.15, 0.2) is 0 Å². The van der Waals surface area contributed by atoms with Crippen LogP contribution in [0.25, 0.3) is 16.6 Å². The minimum absolute atomic E-state index is 0.0340. The summed E-state index contributed by atoms with van der Waals surface area (Å²) in [5.41, 5.74) is 1.54. The molecule has 1 aliphatic rings. The lowest BCUT2D eigenvalue weighted by Crippen LogP contribution is -2.36. The van der Waals surface area contributed by atoms with E-state index in [0.717, 1.165) is 39.1 Å². The second-order valence-electron chi connectivity index (χ2n) is 7.27. The zero-order valence-corrected chi connectivity index (χ0v) is 18.3. The minimum atomic E-state index is -0.0340. The van der Waals surface area contributed by atoms with Gasteiger partial charge in [-0.05, 0) is 65.5 Å². The maximum absolute atomic E-state index is 13.4. The van der Waals surface area contributed by atoms with Crippen molar-refractivity contribution in [3.63, 3.8) is 0 Å². The molecule has 0 radical (unpaired) electrons. The van der Waals surface area contributed by atoms with Crippen molar-refractivity contribution in [3.05, 3.63) is 67.6 Å². The van der Waals surface area contributed by atoms with Crippen molar-refractivity contribution in [1.82, 2.24) is 14.5 Å². The molecule has 4 rings (SSSR count). The largest absolute Gasteiger partial charge is 0.296 e. The molecule has 2 heterocycles. The van der Waals surface area contributed by atoms with Gasteiger partial charge in [-0.1, -0.05) is 41.1 Å². The number of hydrogen-bond donors (Lipinski definition) is 0. The van der Waals surface area contributed by atoms with Crippen LogP contribution in [0.15, 0.2) is 56.2 Å². The number of likely N-dealkylation sites (tertiary alicyclic amines) is 1. The molecule has 1 aliphatic heterocycles. The predicted molar refractivity (Wildman–Crippen MR) is 116 cm³/mol. The Morgan fingerprint density at radius 3 is 2.70 bits per heavy atom. The fraction of sp³-hybridized carbons (Fsp3) is 0.333. The van der Waals surface area contributed by atoms with Gasteiger partial charge in [-0.2, -0.15) is 0 Å². The van der Waals surface area contributed by atoms with Gasteiger partial charge in [0.1, 0.15) is 5.82 Å². The second-order valence-corrected chi connectivity index (χ2v) is 9.04. The van der Waals surface area contributed by atoms with Crippen LogP contribution in [0.5, 0.6) is 0 Å². The van der Waals surface area contributed by atoms with E-state index in [1.165, 1.54) is 12.8 Å². The van der Waals surface area contributed by atoms with Crippen LogP contribution in [-0.2, 0) is 6.54 Å². The number of halogens is 2.